The molecule has 1 saturated heterocycles. The summed E-state index contributed by atoms with van der Waals surface area (Å²) >= 11 is 0. The molecule has 0 bridgehead atoms. The molecule has 31 heavy (non-hydrogen) atoms. The number of anilines is 1. The topological polar surface area (TPSA) is 78.0 Å². The molecule has 1 amide bonds. The molecule has 9 heteroatoms. The van der Waals surface area contributed by atoms with E-state index >= 15 is 0 Å². The number of alkyl halides is 2. The minimum absolute atomic E-state index is 0.112. The largest absolute Gasteiger partial charge is 0.433 e. The zero-order valence-electron chi connectivity index (χ0n) is 17.6. The maximum atomic E-state index is 12.7. The standard InChI is InChI=1S/C22H27F2N5O2/c1-25-20(30)16-9-7-15(8-10-16)13-27-22(26-2)28-17-11-12-29(14-17)18-5-3-4-6-19(18)31-21(23)24/h3-10,17,21H,11-14H2,1-2H3,(H,25,30)(H2,26,27,28). The first-order valence-corrected chi connectivity index (χ1v) is 10.1. The molecule has 7 nitrogen and oxygen atoms in total. The number of hydrogen-bond donors (Lipinski definition) is 3. The van der Waals surface area contributed by atoms with E-state index in [-0.39, 0.29) is 17.7 Å². The number of guanidine groups is 1. The third kappa shape index (κ3) is 6.07. The zero-order valence-corrected chi connectivity index (χ0v) is 17.6. The summed E-state index contributed by atoms with van der Waals surface area (Å²) in [6.07, 6.45) is 0.838. The summed E-state index contributed by atoms with van der Waals surface area (Å²) in [6, 6.07) is 14.3. The van der Waals surface area contributed by atoms with Crippen LogP contribution in [-0.2, 0) is 6.54 Å². The van der Waals surface area contributed by atoms with E-state index in [0.29, 0.717) is 30.3 Å². The quantitative estimate of drug-likeness (QED) is 0.464. The molecule has 2 aromatic rings. The number of benzene rings is 2. The number of halogens is 2. The van der Waals surface area contributed by atoms with Crippen LogP contribution in [0.4, 0.5) is 14.5 Å². The minimum Gasteiger partial charge on any atom is -0.433 e. The third-order valence-corrected chi connectivity index (χ3v) is 5.08. The van der Waals surface area contributed by atoms with Gasteiger partial charge in [0.05, 0.1) is 5.69 Å². The highest BCUT2D eigenvalue weighted by Gasteiger charge is 2.26. The maximum Gasteiger partial charge on any atom is 0.387 e. The fourth-order valence-electron chi connectivity index (χ4n) is 3.50. The van der Waals surface area contributed by atoms with Crippen molar-refractivity contribution in [2.75, 3.05) is 32.1 Å². The number of nitrogens with zero attached hydrogens (tertiary/aromatic N) is 2. The Morgan fingerprint density at radius 2 is 1.97 bits per heavy atom. The van der Waals surface area contributed by atoms with Gasteiger partial charge in [0.1, 0.15) is 5.75 Å². The molecule has 1 aliphatic heterocycles. The highest BCUT2D eigenvalue weighted by Crippen LogP contribution is 2.31. The summed E-state index contributed by atoms with van der Waals surface area (Å²) in [5.41, 5.74) is 2.28. The number of carbonyl (C=O) groups is 1. The normalized spacial score (nSPS) is 16.4. The second-order valence-corrected chi connectivity index (χ2v) is 7.12. The number of para-hydroxylation sites is 2. The fourth-order valence-corrected chi connectivity index (χ4v) is 3.50. The van der Waals surface area contributed by atoms with Crippen LogP contribution in [-0.4, -0.2) is 51.7 Å². The fraction of sp³-hybridized carbons (Fsp3) is 0.364. The monoisotopic (exact) mass is 431 g/mol. The Hall–Kier alpha value is -3.36. The van der Waals surface area contributed by atoms with Gasteiger partial charge in [-0.25, -0.2) is 0 Å². The molecule has 166 valence electrons. The van der Waals surface area contributed by atoms with Crippen molar-refractivity contribution in [3.05, 3.63) is 59.7 Å². The molecule has 0 aliphatic carbocycles. The highest BCUT2D eigenvalue weighted by molar-refractivity contribution is 5.93. The van der Waals surface area contributed by atoms with Crippen molar-refractivity contribution in [2.45, 2.75) is 25.6 Å². The van der Waals surface area contributed by atoms with E-state index in [1.807, 2.05) is 23.1 Å². The lowest BCUT2D eigenvalue weighted by Gasteiger charge is -2.22. The van der Waals surface area contributed by atoms with Gasteiger partial charge in [-0.05, 0) is 36.2 Å². The number of nitrogens with one attached hydrogen (secondary N) is 3. The molecule has 3 N–H and O–H groups in total. The van der Waals surface area contributed by atoms with Crippen molar-refractivity contribution in [2.24, 2.45) is 4.99 Å². The Morgan fingerprint density at radius 1 is 1.23 bits per heavy atom. The molecule has 1 heterocycles. The second kappa shape index (κ2) is 10.6. The Morgan fingerprint density at radius 3 is 2.65 bits per heavy atom. The molecule has 1 unspecified atom stereocenters. The number of hydrogen-bond acceptors (Lipinski definition) is 4. The first-order chi connectivity index (χ1) is 15.0. The molecule has 0 radical (unpaired) electrons. The SMILES string of the molecule is CN=C(NCc1ccc(C(=O)NC)cc1)NC1CCN(c2ccccc2OC(F)F)C1. The molecule has 1 atom stereocenters. The van der Waals surface area contributed by atoms with Crippen LogP contribution in [0.25, 0.3) is 0 Å². The smallest absolute Gasteiger partial charge is 0.387 e. The summed E-state index contributed by atoms with van der Waals surface area (Å²) in [6.45, 7) is -0.939. The Bertz CT molecular complexity index is 905. The van der Waals surface area contributed by atoms with E-state index in [4.69, 9.17) is 0 Å². The molecule has 1 aliphatic rings. The van der Waals surface area contributed by atoms with Crippen molar-refractivity contribution in [3.63, 3.8) is 0 Å². The van der Waals surface area contributed by atoms with E-state index in [9.17, 15) is 13.6 Å². The number of ether oxygens (including phenoxy) is 1. The predicted molar refractivity (Wildman–Crippen MR) is 117 cm³/mol. The summed E-state index contributed by atoms with van der Waals surface area (Å²) in [7, 11) is 3.30. The third-order valence-electron chi connectivity index (χ3n) is 5.08. The molecule has 1 fully saturated rings. The number of rotatable bonds is 7. The van der Waals surface area contributed by atoms with Gasteiger partial charge in [-0.15, -0.1) is 0 Å². The predicted octanol–water partition coefficient (Wildman–Crippen LogP) is 2.59. The molecular formula is C22H27F2N5O2. The van der Waals surface area contributed by atoms with Crippen molar-refractivity contribution in [3.8, 4) is 5.75 Å². The molecule has 0 saturated carbocycles. The summed E-state index contributed by atoms with van der Waals surface area (Å²) in [4.78, 5) is 17.9. The zero-order chi connectivity index (χ0) is 22.2. The van der Waals surface area contributed by atoms with Crippen LogP contribution < -0.4 is 25.6 Å². The van der Waals surface area contributed by atoms with Crippen LogP contribution in [0.2, 0.25) is 0 Å². The van der Waals surface area contributed by atoms with Gasteiger partial charge < -0.3 is 25.6 Å². The van der Waals surface area contributed by atoms with Gasteiger partial charge in [-0.2, -0.15) is 8.78 Å². The van der Waals surface area contributed by atoms with Crippen LogP contribution >= 0.6 is 0 Å². The summed E-state index contributed by atoms with van der Waals surface area (Å²) < 4.78 is 30.0. The van der Waals surface area contributed by atoms with Crippen LogP contribution in [0, 0.1) is 0 Å². The average Bonchev–Trinajstić information content (AvgIpc) is 3.24. The molecule has 0 aromatic heterocycles. The van der Waals surface area contributed by atoms with E-state index in [0.717, 1.165) is 18.5 Å². The Labute approximate surface area is 180 Å². The van der Waals surface area contributed by atoms with Crippen LogP contribution in [0.5, 0.6) is 5.75 Å². The first kappa shape index (κ1) is 22.3. The Balaban J connectivity index is 1.53. The molecule has 0 spiro atoms. The van der Waals surface area contributed by atoms with Crippen molar-refractivity contribution < 1.29 is 18.3 Å². The molecular weight excluding hydrogens is 404 g/mol. The van der Waals surface area contributed by atoms with Gasteiger partial charge in [0.15, 0.2) is 5.96 Å². The van der Waals surface area contributed by atoms with Gasteiger partial charge in [-0.1, -0.05) is 24.3 Å². The lowest BCUT2D eigenvalue weighted by Crippen LogP contribution is -2.44. The average molecular weight is 431 g/mol. The number of carbonyl (C=O) groups excluding carboxylic acids is 1. The van der Waals surface area contributed by atoms with E-state index < -0.39 is 6.61 Å². The number of aliphatic imine (C=N–C) groups is 1. The Kier molecular flexibility index (Phi) is 7.64. The molecule has 3 rings (SSSR count). The van der Waals surface area contributed by atoms with Crippen molar-refractivity contribution in [1.82, 2.24) is 16.0 Å². The van der Waals surface area contributed by atoms with Gasteiger partial charge in [0.2, 0.25) is 0 Å². The first-order valence-electron chi connectivity index (χ1n) is 10.1. The van der Waals surface area contributed by atoms with Gasteiger partial charge in [-0.3, -0.25) is 9.79 Å². The lowest BCUT2D eigenvalue weighted by atomic mass is 10.1. The second-order valence-electron chi connectivity index (χ2n) is 7.12. The van der Waals surface area contributed by atoms with Crippen LogP contribution in [0.3, 0.4) is 0 Å². The molecule has 2 aromatic carbocycles. The van der Waals surface area contributed by atoms with Crippen molar-refractivity contribution in [1.29, 1.82) is 0 Å². The van der Waals surface area contributed by atoms with Crippen molar-refractivity contribution >= 4 is 17.6 Å². The lowest BCUT2D eigenvalue weighted by molar-refractivity contribution is -0.0495. The summed E-state index contributed by atoms with van der Waals surface area (Å²) in [5, 5.41) is 9.24. The summed E-state index contributed by atoms with van der Waals surface area (Å²) in [5.74, 6) is 0.712. The highest BCUT2D eigenvalue weighted by atomic mass is 19.3. The van der Waals surface area contributed by atoms with Crippen LogP contribution in [0.1, 0.15) is 22.3 Å². The van der Waals surface area contributed by atoms with Gasteiger partial charge >= 0.3 is 6.61 Å². The van der Waals surface area contributed by atoms with Gasteiger partial charge in [0, 0.05) is 45.3 Å². The van der Waals surface area contributed by atoms with Gasteiger partial charge in [0.25, 0.3) is 5.91 Å². The van der Waals surface area contributed by atoms with E-state index in [2.05, 4.69) is 25.7 Å². The minimum atomic E-state index is -2.86. The van der Waals surface area contributed by atoms with Crippen LogP contribution in [0.15, 0.2) is 53.5 Å². The van der Waals surface area contributed by atoms with E-state index in [1.54, 1.807) is 44.4 Å². The maximum absolute atomic E-state index is 12.7. The van der Waals surface area contributed by atoms with E-state index in [1.165, 1.54) is 0 Å². The number of amides is 1.